The van der Waals surface area contributed by atoms with E-state index < -0.39 is 6.04 Å². The van der Waals surface area contributed by atoms with E-state index >= 15 is 0 Å². The zero-order valence-electron chi connectivity index (χ0n) is 13.2. The van der Waals surface area contributed by atoms with Gasteiger partial charge in [-0.05, 0) is 31.0 Å². The number of nitriles is 1. The molecule has 0 aliphatic carbocycles. The molecule has 2 aromatic rings. The lowest BCUT2D eigenvalue weighted by atomic mass is 10.1. The van der Waals surface area contributed by atoms with Gasteiger partial charge in [-0.15, -0.1) is 0 Å². The Morgan fingerprint density at radius 3 is 2.52 bits per heavy atom. The molecular formula is C19H20N2O2. The second-order valence-electron chi connectivity index (χ2n) is 5.31. The molecule has 1 unspecified atom stereocenters. The molecule has 1 atom stereocenters. The van der Waals surface area contributed by atoms with Crippen molar-refractivity contribution in [2.45, 2.75) is 25.8 Å². The van der Waals surface area contributed by atoms with Crippen LogP contribution in [0.1, 0.15) is 30.0 Å². The Morgan fingerprint density at radius 2 is 1.87 bits per heavy atom. The third-order valence-electron chi connectivity index (χ3n) is 3.41. The van der Waals surface area contributed by atoms with Gasteiger partial charge in [0.05, 0.1) is 12.7 Å². The largest absolute Gasteiger partial charge is 0.494 e. The van der Waals surface area contributed by atoms with Gasteiger partial charge in [0.25, 0.3) is 0 Å². The maximum Gasteiger partial charge on any atom is 0.221 e. The number of hydrogen-bond acceptors (Lipinski definition) is 3. The van der Waals surface area contributed by atoms with Crippen molar-refractivity contribution in [3.05, 3.63) is 65.7 Å². The molecule has 0 radical (unpaired) electrons. The first-order valence-corrected chi connectivity index (χ1v) is 7.62. The first-order valence-electron chi connectivity index (χ1n) is 7.62. The molecule has 23 heavy (non-hydrogen) atoms. The van der Waals surface area contributed by atoms with Crippen LogP contribution in [0, 0.1) is 18.3 Å². The second kappa shape index (κ2) is 8.60. The Kier molecular flexibility index (Phi) is 6.19. The molecule has 0 aromatic heterocycles. The lowest BCUT2D eigenvalue weighted by Gasteiger charge is -2.12. The van der Waals surface area contributed by atoms with E-state index in [0.29, 0.717) is 19.4 Å². The van der Waals surface area contributed by atoms with Gasteiger partial charge in [0.1, 0.15) is 11.8 Å². The second-order valence-corrected chi connectivity index (χ2v) is 5.31. The predicted octanol–water partition coefficient (Wildman–Crippen LogP) is 3.54. The van der Waals surface area contributed by atoms with E-state index in [9.17, 15) is 10.1 Å². The highest BCUT2D eigenvalue weighted by Gasteiger charge is 2.13. The van der Waals surface area contributed by atoms with Gasteiger partial charge in [0.15, 0.2) is 0 Å². The molecule has 1 amide bonds. The summed E-state index contributed by atoms with van der Waals surface area (Å²) in [7, 11) is 0. The van der Waals surface area contributed by atoms with Crippen LogP contribution in [-0.4, -0.2) is 12.5 Å². The number of nitrogens with one attached hydrogen (secondary N) is 1. The Bertz CT molecular complexity index is 660. The Morgan fingerprint density at radius 1 is 1.17 bits per heavy atom. The van der Waals surface area contributed by atoms with E-state index in [-0.39, 0.29) is 5.91 Å². The van der Waals surface area contributed by atoms with Crippen molar-refractivity contribution >= 4 is 5.91 Å². The molecule has 0 bridgehead atoms. The van der Waals surface area contributed by atoms with Crippen molar-refractivity contribution < 1.29 is 9.53 Å². The summed E-state index contributed by atoms with van der Waals surface area (Å²) >= 11 is 0. The van der Waals surface area contributed by atoms with E-state index in [1.807, 2.05) is 61.5 Å². The van der Waals surface area contributed by atoms with Crippen LogP contribution in [-0.2, 0) is 4.79 Å². The van der Waals surface area contributed by atoms with E-state index in [4.69, 9.17) is 4.74 Å². The SMILES string of the molecule is Cc1ccc(C(C#N)NC(=O)CCCOc2ccccc2)cc1. The van der Waals surface area contributed by atoms with E-state index in [0.717, 1.165) is 16.9 Å². The number of nitrogens with zero attached hydrogens (tertiary/aromatic N) is 1. The highest BCUT2D eigenvalue weighted by molar-refractivity contribution is 5.76. The zero-order chi connectivity index (χ0) is 16.5. The maximum absolute atomic E-state index is 11.9. The Labute approximate surface area is 136 Å². The molecule has 2 aromatic carbocycles. The number of carbonyl (C=O) groups is 1. The number of carbonyl (C=O) groups excluding carboxylic acids is 1. The fourth-order valence-electron chi connectivity index (χ4n) is 2.12. The predicted molar refractivity (Wildman–Crippen MR) is 88.8 cm³/mol. The normalized spacial score (nSPS) is 11.3. The van der Waals surface area contributed by atoms with Gasteiger partial charge in [-0.1, -0.05) is 48.0 Å². The standard InChI is InChI=1S/C19H20N2O2/c1-15-9-11-16(12-10-15)18(14-20)21-19(22)8-5-13-23-17-6-3-2-4-7-17/h2-4,6-7,9-12,18H,5,8,13H2,1H3,(H,21,22). The van der Waals surface area contributed by atoms with Crippen LogP contribution in [0.15, 0.2) is 54.6 Å². The van der Waals surface area contributed by atoms with Crippen LogP contribution in [0.3, 0.4) is 0 Å². The van der Waals surface area contributed by atoms with Crippen molar-refractivity contribution in [2.24, 2.45) is 0 Å². The minimum absolute atomic E-state index is 0.145. The monoisotopic (exact) mass is 308 g/mol. The Balaban J connectivity index is 1.75. The number of amides is 1. The van der Waals surface area contributed by atoms with Gasteiger partial charge in [0, 0.05) is 6.42 Å². The molecule has 0 aliphatic heterocycles. The molecule has 0 saturated heterocycles. The van der Waals surface area contributed by atoms with Gasteiger partial charge >= 0.3 is 0 Å². The third-order valence-corrected chi connectivity index (χ3v) is 3.41. The minimum Gasteiger partial charge on any atom is -0.494 e. The summed E-state index contributed by atoms with van der Waals surface area (Å²) in [6.45, 7) is 2.45. The summed E-state index contributed by atoms with van der Waals surface area (Å²) in [4.78, 5) is 11.9. The van der Waals surface area contributed by atoms with Crippen LogP contribution >= 0.6 is 0 Å². The van der Waals surface area contributed by atoms with Gasteiger partial charge in [-0.3, -0.25) is 4.79 Å². The highest BCUT2D eigenvalue weighted by Crippen LogP contribution is 2.13. The van der Waals surface area contributed by atoms with Crippen molar-refractivity contribution in [1.82, 2.24) is 5.32 Å². The molecule has 0 saturated carbocycles. The quantitative estimate of drug-likeness (QED) is 0.796. The van der Waals surface area contributed by atoms with E-state index in [2.05, 4.69) is 11.4 Å². The average molecular weight is 308 g/mol. The molecule has 118 valence electrons. The summed E-state index contributed by atoms with van der Waals surface area (Å²) in [5.41, 5.74) is 1.92. The molecule has 0 aliphatic rings. The topological polar surface area (TPSA) is 62.1 Å². The fraction of sp³-hybridized carbons (Fsp3) is 0.263. The van der Waals surface area contributed by atoms with Gasteiger partial charge < -0.3 is 10.1 Å². The number of rotatable bonds is 7. The molecular weight excluding hydrogens is 288 g/mol. The summed E-state index contributed by atoms with van der Waals surface area (Å²) in [5.74, 6) is 0.649. The van der Waals surface area contributed by atoms with Crippen molar-refractivity contribution in [3.63, 3.8) is 0 Å². The molecule has 4 heteroatoms. The Hall–Kier alpha value is -2.80. The summed E-state index contributed by atoms with van der Waals surface area (Å²) in [5, 5.41) is 12.0. The van der Waals surface area contributed by atoms with Crippen LogP contribution < -0.4 is 10.1 Å². The van der Waals surface area contributed by atoms with Crippen LogP contribution in [0.2, 0.25) is 0 Å². The van der Waals surface area contributed by atoms with Crippen molar-refractivity contribution in [1.29, 1.82) is 5.26 Å². The molecule has 2 rings (SSSR count). The minimum atomic E-state index is -0.613. The molecule has 1 N–H and O–H groups in total. The lowest BCUT2D eigenvalue weighted by molar-refractivity contribution is -0.121. The first-order chi connectivity index (χ1) is 11.2. The number of benzene rings is 2. The van der Waals surface area contributed by atoms with E-state index in [1.54, 1.807) is 0 Å². The average Bonchev–Trinajstić information content (AvgIpc) is 2.58. The molecule has 0 heterocycles. The van der Waals surface area contributed by atoms with Crippen molar-refractivity contribution in [3.8, 4) is 11.8 Å². The van der Waals surface area contributed by atoms with Crippen LogP contribution in [0.4, 0.5) is 0 Å². The van der Waals surface area contributed by atoms with Crippen LogP contribution in [0.5, 0.6) is 5.75 Å². The number of para-hydroxylation sites is 1. The van der Waals surface area contributed by atoms with Crippen molar-refractivity contribution in [2.75, 3.05) is 6.61 Å². The summed E-state index contributed by atoms with van der Waals surface area (Å²) < 4.78 is 5.54. The maximum atomic E-state index is 11.9. The summed E-state index contributed by atoms with van der Waals surface area (Å²) in [6.07, 6.45) is 0.934. The zero-order valence-corrected chi connectivity index (χ0v) is 13.2. The van der Waals surface area contributed by atoms with Gasteiger partial charge in [-0.25, -0.2) is 0 Å². The fourth-order valence-corrected chi connectivity index (χ4v) is 2.12. The molecule has 4 nitrogen and oxygen atoms in total. The molecule has 0 fully saturated rings. The number of aryl methyl sites for hydroxylation is 1. The smallest absolute Gasteiger partial charge is 0.221 e. The number of ether oxygens (including phenoxy) is 1. The third kappa shape index (κ3) is 5.48. The van der Waals surface area contributed by atoms with Crippen LogP contribution in [0.25, 0.3) is 0 Å². The van der Waals surface area contributed by atoms with E-state index in [1.165, 1.54) is 0 Å². The highest BCUT2D eigenvalue weighted by atomic mass is 16.5. The van der Waals surface area contributed by atoms with Gasteiger partial charge in [-0.2, -0.15) is 5.26 Å². The van der Waals surface area contributed by atoms with Gasteiger partial charge in [0.2, 0.25) is 5.91 Å². The lowest BCUT2D eigenvalue weighted by Crippen LogP contribution is -2.27. The number of hydrogen-bond donors (Lipinski definition) is 1. The molecule has 0 spiro atoms. The summed E-state index contributed by atoms with van der Waals surface area (Å²) in [6, 6.07) is 18.6. The first kappa shape index (κ1) is 16.6.